The number of rotatable bonds is 5. The second-order valence-electron chi connectivity index (χ2n) is 6.58. The van der Waals surface area contributed by atoms with E-state index < -0.39 is 0 Å². The van der Waals surface area contributed by atoms with Crippen molar-refractivity contribution in [2.24, 2.45) is 4.99 Å². The van der Waals surface area contributed by atoms with Gasteiger partial charge in [-0.1, -0.05) is 11.1 Å². The molecule has 2 rings (SSSR count). The van der Waals surface area contributed by atoms with Crippen molar-refractivity contribution < 1.29 is 4.74 Å². The summed E-state index contributed by atoms with van der Waals surface area (Å²) >= 11 is 3.59. The number of pyridine rings is 1. The van der Waals surface area contributed by atoms with Crippen molar-refractivity contribution in [3.8, 4) is 5.88 Å². The van der Waals surface area contributed by atoms with Crippen molar-refractivity contribution in [1.29, 1.82) is 0 Å². The van der Waals surface area contributed by atoms with Gasteiger partial charge in [0.1, 0.15) is 6.10 Å². The molecule has 0 bridgehead atoms. The number of hydrogen-bond acceptors (Lipinski definition) is 3. The van der Waals surface area contributed by atoms with E-state index in [1.807, 2.05) is 31.3 Å². The van der Waals surface area contributed by atoms with E-state index in [0.717, 1.165) is 48.1 Å². The maximum Gasteiger partial charge on any atom is 0.228 e. The number of ether oxygens (including phenoxy) is 1. The third-order valence-corrected chi connectivity index (χ3v) is 5.26. The maximum atomic E-state index is 6.20. The van der Waals surface area contributed by atoms with Crippen molar-refractivity contribution in [3.05, 3.63) is 27.4 Å². The Balaban J connectivity index is 2.09. The summed E-state index contributed by atoms with van der Waals surface area (Å²) in [6.07, 6.45) is 6.38. The molecule has 1 aliphatic carbocycles. The summed E-state index contributed by atoms with van der Waals surface area (Å²) in [5.74, 6) is 0.678. The number of aliphatic imine (C=N–C) groups is 1. The molecule has 0 unspecified atom stereocenters. The van der Waals surface area contributed by atoms with Crippen LogP contribution in [0.15, 0.2) is 26.7 Å². The molecule has 0 aliphatic heterocycles. The van der Waals surface area contributed by atoms with Crippen LogP contribution in [0.25, 0.3) is 0 Å². The molecule has 4 nitrogen and oxygen atoms in total. The lowest BCUT2D eigenvalue weighted by Gasteiger charge is -2.18. The highest BCUT2D eigenvalue weighted by Gasteiger charge is 2.18. The summed E-state index contributed by atoms with van der Waals surface area (Å²) in [6, 6.07) is 1.99. The largest absolute Gasteiger partial charge is 0.474 e. The summed E-state index contributed by atoms with van der Waals surface area (Å²) in [4.78, 5) is 11.2. The van der Waals surface area contributed by atoms with Crippen molar-refractivity contribution in [2.45, 2.75) is 59.5 Å². The fourth-order valence-corrected chi connectivity index (χ4v) is 3.01. The van der Waals surface area contributed by atoms with E-state index in [1.165, 1.54) is 11.1 Å². The van der Waals surface area contributed by atoms with Gasteiger partial charge in [0.25, 0.3) is 0 Å². The molecule has 0 N–H and O–H groups in total. The zero-order valence-corrected chi connectivity index (χ0v) is 17.0. The van der Waals surface area contributed by atoms with Crippen LogP contribution in [0.1, 0.15) is 52.1 Å². The summed E-state index contributed by atoms with van der Waals surface area (Å²) < 4.78 is 7.06. The molecule has 24 heavy (non-hydrogen) atoms. The zero-order valence-electron chi connectivity index (χ0n) is 15.4. The van der Waals surface area contributed by atoms with Crippen molar-refractivity contribution in [2.75, 3.05) is 13.6 Å². The Morgan fingerprint density at radius 2 is 1.92 bits per heavy atom. The average Bonchev–Trinajstić information content (AvgIpc) is 2.72. The number of aromatic nitrogens is 1. The second-order valence-corrected chi connectivity index (χ2v) is 7.43. The lowest BCUT2D eigenvalue weighted by molar-refractivity contribution is 0.175. The topological polar surface area (TPSA) is 37.7 Å². The molecule has 0 atom stereocenters. The number of aryl methyl sites for hydroxylation is 1. The van der Waals surface area contributed by atoms with Crippen molar-refractivity contribution >= 4 is 28.0 Å². The first kappa shape index (κ1) is 19.0. The number of nitrogens with zero attached hydrogens (tertiary/aromatic N) is 3. The molecule has 0 radical (unpaired) electrons. The lowest BCUT2D eigenvalue weighted by atomic mass is 10.1. The Bertz CT molecular complexity index is 624. The Morgan fingerprint density at radius 1 is 1.29 bits per heavy atom. The van der Waals surface area contributed by atoms with Gasteiger partial charge in [-0.05, 0) is 75.4 Å². The van der Waals surface area contributed by atoms with Crippen LogP contribution in [0.5, 0.6) is 5.88 Å². The third-order valence-electron chi connectivity index (χ3n) is 4.69. The molecule has 0 amide bonds. The Morgan fingerprint density at radius 3 is 2.50 bits per heavy atom. The van der Waals surface area contributed by atoms with Gasteiger partial charge in [0.15, 0.2) is 0 Å². The van der Waals surface area contributed by atoms with Crippen LogP contribution in [0.2, 0.25) is 0 Å². The van der Waals surface area contributed by atoms with Gasteiger partial charge in [-0.2, -0.15) is 0 Å². The Hall–Kier alpha value is -1.36. The number of halogens is 1. The predicted octanol–water partition coefficient (Wildman–Crippen LogP) is 5.42. The van der Waals surface area contributed by atoms with Gasteiger partial charge in [-0.25, -0.2) is 9.98 Å². The molecule has 0 spiro atoms. The normalized spacial score (nSPS) is 16.6. The average molecular weight is 394 g/mol. The van der Waals surface area contributed by atoms with Crippen molar-refractivity contribution in [1.82, 2.24) is 9.88 Å². The summed E-state index contributed by atoms with van der Waals surface area (Å²) in [5.41, 5.74) is 4.76. The van der Waals surface area contributed by atoms with Gasteiger partial charge in [0, 0.05) is 13.6 Å². The summed E-state index contributed by atoms with van der Waals surface area (Å²) in [6.45, 7) is 9.45. The van der Waals surface area contributed by atoms with E-state index in [0.29, 0.717) is 5.88 Å². The number of hydrogen-bond donors (Lipinski definition) is 0. The molecule has 1 heterocycles. The molecule has 0 saturated heterocycles. The van der Waals surface area contributed by atoms with E-state index in [-0.39, 0.29) is 6.10 Å². The fraction of sp³-hybridized carbons (Fsp3) is 0.579. The van der Waals surface area contributed by atoms with Gasteiger partial charge >= 0.3 is 0 Å². The van der Waals surface area contributed by atoms with E-state index in [2.05, 4.69) is 46.7 Å². The summed E-state index contributed by atoms with van der Waals surface area (Å²) in [7, 11) is 2.00. The minimum Gasteiger partial charge on any atom is -0.474 e. The van der Waals surface area contributed by atoms with E-state index in [9.17, 15) is 0 Å². The highest BCUT2D eigenvalue weighted by molar-refractivity contribution is 9.10. The highest BCUT2D eigenvalue weighted by Crippen LogP contribution is 2.32. The lowest BCUT2D eigenvalue weighted by Crippen LogP contribution is -2.17. The first-order valence-corrected chi connectivity index (χ1v) is 9.43. The fourth-order valence-electron chi connectivity index (χ4n) is 2.61. The van der Waals surface area contributed by atoms with Crippen LogP contribution in [0.4, 0.5) is 5.69 Å². The Labute approximate surface area is 154 Å². The minimum atomic E-state index is 0.223. The monoisotopic (exact) mass is 393 g/mol. The van der Waals surface area contributed by atoms with E-state index in [4.69, 9.17) is 4.74 Å². The SMILES string of the molecule is CCN(C)C=Nc1cc(Br)c(OC2CCC(C)=C(C)CC2)nc1C. The first-order chi connectivity index (χ1) is 11.4. The van der Waals surface area contributed by atoms with Crippen LogP contribution in [-0.4, -0.2) is 35.9 Å². The quantitative estimate of drug-likeness (QED) is 0.380. The van der Waals surface area contributed by atoms with Gasteiger partial charge in [-0.15, -0.1) is 0 Å². The Kier molecular flexibility index (Phi) is 6.84. The number of allylic oxidation sites excluding steroid dienone is 2. The maximum absolute atomic E-state index is 6.20. The molecule has 0 aromatic carbocycles. The molecule has 1 aromatic heterocycles. The molecule has 0 fully saturated rings. The smallest absolute Gasteiger partial charge is 0.228 e. The van der Waals surface area contributed by atoms with Gasteiger partial charge in [0.2, 0.25) is 5.88 Å². The molecule has 1 aromatic rings. The third kappa shape index (κ3) is 5.07. The van der Waals surface area contributed by atoms with Gasteiger partial charge in [0.05, 0.1) is 22.2 Å². The van der Waals surface area contributed by atoms with Crippen LogP contribution in [0.3, 0.4) is 0 Å². The second kappa shape index (κ2) is 8.65. The molecule has 1 aliphatic rings. The zero-order chi connectivity index (χ0) is 17.7. The van der Waals surface area contributed by atoms with Crippen LogP contribution in [-0.2, 0) is 0 Å². The first-order valence-electron chi connectivity index (χ1n) is 8.64. The predicted molar refractivity (Wildman–Crippen MR) is 104 cm³/mol. The van der Waals surface area contributed by atoms with Crippen LogP contribution in [0, 0.1) is 6.92 Å². The minimum absolute atomic E-state index is 0.223. The molecule has 132 valence electrons. The highest BCUT2D eigenvalue weighted by atomic mass is 79.9. The molecular weight excluding hydrogens is 366 g/mol. The van der Waals surface area contributed by atoms with E-state index >= 15 is 0 Å². The molecule has 0 saturated carbocycles. The molecule has 5 heteroatoms. The van der Waals surface area contributed by atoms with Gasteiger partial charge in [-0.3, -0.25) is 0 Å². The van der Waals surface area contributed by atoms with E-state index in [1.54, 1.807) is 0 Å². The van der Waals surface area contributed by atoms with Crippen LogP contribution >= 0.6 is 15.9 Å². The summed E-state index contributed by atoms with van der Waals surface area (Å²) in [5, 5.41) is 0. The molecular formula is C19H28BrN3O. The van der Waals surface area contributed by atoms with Crippen molar-refractivity contribution in [3.63, 3.8) is 0 Å². The van der Waals surface area contributed by atoms with Gasteiger partial charge < -0.3 is 9.64 Å². The van der Waals surface area contributed by atoms with Crippen LogP contribution < -0.4 is 4.74 Å². The standard InChI is InChI=1S/C19H28BrN3O/c1-6-23(5)12-21-18-11-17(20)19(22-15(18)4)24-16-9-7-13(2)14(3)8-10-16/h11-12,16H,6-10H2,1-5H3.